The predicted molar refractivity (Wildman–Crippen MR) is 111 cm³/mol. The van der Waals surface area contributed by atoms with Crippen LogP contribution < -0.4 is 9.64 Å². The Hall–Kier alpha value is -2.45. The quantitative estimate of drug-likeness (QED) is 0.718. The van der Waals surface area contributed by atoms with Crippen LogP contribution in [0.2, 0.25) is 5.02 Å². The Morgan fingerprint density at radius 3 is 2.48 bits per heavy atom. The lowest BCUT2D eigenvalue weighted by Gasteiger charge is -2.37. The number of phenols is 1. The van der Waals surface area contributed by atoms with Crippen LogP contribution in [-0.4, -0.2) is 54.4 Å². The van der Waals surface area contributed by atoms with Gasteiger partial charge in [0, 0.05) is 24.7 Å². The number of piperidine rings is 1. The summed E-state index contributed by atoms with van der Waals surface area (Å²) in [7, 11) is 0. The number of halogens is 4. The van der Waals surface area contributed by atoms with Crippen LogP contribution in [0.1, 0.15) is 24.3 Å². The molecule has 0 bridgehead atoms. The molecule has 3 atom stereocenters. The second kappa shape index (κ2) is 8.96. The number of alkyl halides is 3. The second-order valence-corrected chi connectivity index (χ2v) is 8.19. The monoisotopic (exact) mass is 454 g/mol. The SMILES string of the molecule is O=C1C(N2CC[C@H](c3ccc(O)cc3)[C@@H](F)C2)CCN1c1ccc(OC(F)F)c(Cl)c1. The molecule has 0 radical (unpaired) electrons. The van der Waals surface area contributed by atoms with Crippen LogP contribution in [0.5, 0.6) is 11.5 Å². The van der Waals surface area contributed by atoms with Gasteiger partial charge in [0.05, 0.1) is 11.1 Å². The number of benzene rings is 2. The van der Waals surface area contributed by atoms with Crippen molar-refractivity contribution in [3.8, 4) is 11.5 Å². The molecule has 0 aromatic heterocycles. The van der Waals surface area contributed by atoms with Gasteiger partial charge in [0.25, 0.3) is 0 Å². The van der Waals surface area contributed by atoms with Gasteiger partial charge in [0.15, 0.2) is 0 Å². The van der Waals surface area contributed by atoms with Crippen molar-refractivity contribution in [2.24, 2.45) is 0 Å². The van der Waals surface area contributed by atoms with Crippen LogP contribution >= 0.6 is 11.6 Å². The van der Waals surface area contributed by atoms with Crippen molar-refractivity contribution < 1.29 is 27.8 Å². The van der Waals surface area contributed by atoms with Gasteiger partial charge in [-0.25, -0.2) is 4.39 Å². The molecule has 2 aromatic carbocycles. The molecule has 4 rings (SSSR count). The third-order valence-corrected chi connectivity index (χ3v) is 6.25. The smallest absolute Gasteiger partial charge is 0.387 e. The number of ether oxygens (including phenoxy) is 1. The lowest BCUT2D eigenvalue weighted by Crippen LogP contribution is -2.49. The van der Waals surface area contributed by atoms with Gasteiger partial charge in [-0.2, -0.15) is 8.78 Å². The number of carbonyl (C=O) groups is 1. The van der Waals surface area contributed by atoms with Crippen molar-refractivity contribution in [1.29, 1.82) is 0 Å². The summed E-state index contributed by atoms with van der Waals surface area (Å²) in [4.78, 5) is 16.4. The Morgan fingerprint density at radius 1 is 1.10 bits per heavy atom. The van der Waals surface area contributed by atoms with E-state index in [2.05, 4.69) is 4.74 Å². The van der Waals surface area contributed by atoms with E-state index in [4.69, 9.17) is 11.6 Å². The molecule has 2 fully saturated rings. The molecular formula is C22H22ClF3N2O3. The molecule has 2 aliphatic heterocycles. The molecule has 0 spiro atoms. The van der Waals surface area contributed by atoms with Gasteiger partial charge in [-0.05, 0) is 55.3 Å². The van der Waals surface area contributed by atoms with Crippen molar-refractivity contribution in [3.63, 3.8) is 0 Å². The summed E-state index contributed by atoms with van der Waals surface area (Å²) in [5, 5.41) is 9.43. The Kier molecular flexibility index (Phi) is 6.29. The zero-order valence-corrected chi connectivity index (χ0v) is 17.3. The van der Waals surface area contributed by atoms with Crippen LogP contribution in [-0.2, 0) is 4.79 Å². The zero-order chi connectivity index (χ0) is 22.1. The van der Waals surface area contributed by atoms with Crippen molar-refractivity contribution in [2.45, 2.75) is 37.6 Å². The first-order chi connectivity index (χ1) is 14.8. The number of likely N-dealkylation sites (tertiary alicyclic amines) is 1. The van der Waals surface area contributed by atoms with E-state index in [1.54, 1.807) is 29.2 Å². The van der Waals surface area contributed by atoms with E-state index in [9.17, 15) is 23.1 Å². The number of hydrogen-bond donors (Lipinski definition) is 1. The first kappa shape index (κ1) is 21.8. The highest BCUT2D eigenvalue weighted by Crippen LogP contribution is 2.36. The standard InChI is InChI=1S/C22H22ClF3N2O3/c23-17-11-14(3-6-20(17)31-22(25)26)28-10-8-19(21(28)30)27-9-7-16(18(24)12-27)13-1-4-15(29)5-2-13/h1-6,11,16,18-19,22,29H,7-10,12H2/t16-,18+,19?/m1/s1. The van der Waals surface area contributed by atoms with E-state index in [-0.39, 0.29) is 34.9 Å². The average molecular weight is 455 g/mol. The number of amides is 1. The molecular weight excluding hydrogens is 433 g/mol. The maximum Gasteiger partial charge on any atom is 0.387 e. The molecule has 9 heteroatoms. The number of anilines is 1. The zero-order valence-electron chi connectivity index (χ0n) is 16.6. The summed E-state index contributed by atoms with van der Waals surface area (Å²) in [6, 6.07) is 10.4. The highest BCUT2D eigenvalue weighted by molar-refractivity contribution is 6.32. The van der Waals surface area contributed by atoms with Gasteiger partial charge in [-0.3, -0.25) is 9.69 Å². The lowest BCUT2D eigenvalue weighted by molar-refractivity contribution is -0.122. The minimum atomic E-state index is -2.99. The fraction of sp³-hybridized carbons (Fsp3) is 0.409. The summed E-state index contributed by atoms with van der Waals surface area (Å²) in [6.07, 6.45) is -0.0100. The molecule has 1 amide bonds. The van der Waals surface area contributed by atoms with Gasteiger partial charge >= 0.3 is 6.61 Å². The molecule has 166 valence electrons. The Morgan fingerprint density at radius 2 is 1.84 bits per heavy atom. The third-order valence-electron chi connectivity index (χ3n) is 5.96. The number of hydrogen-bond acceptors (Lipinski definition) is 4. The number of aromatic hydroxyl groups is 1. The van der Waals surface area contributed by atoms with Crippen molar-refractivity contribution in [3.05, 3.63) is 53.1 Å². The van der Waals surface area contributed by atoms with E-state index >= 15 is 0 Å². The maximum atomic E-state index is 15.0. The minimum absolute atomic E-state index is 0.00687. The van der Waals surface area contributed by atoms with Crippen LogP contribution in [0.25, 0.3) is 0 Å². The Bertz CT molecular complexity index is 944. The van der Waals surface area contributed by atoms with E-state index in [1.807, 2.05) is 4.90 Å². The van der Waals surface area contributed by atoms with Gasteiger partial charge in [-0.15, -0.1) is 0 Å². The fourth-order valence-electron chi connectivity index (χ4n) is 4.42. The number of phenolic OH excluding ortho intramolecular Hbond substituents is 1. The van der Waals surface area contributed by atoms with Crippen molar-refractivity contribution in [1.82, 2.24) is 4.90 Å². The molecule has 5 nitrogen and oxygen atoms in total. The minimum Gasteiger partial charge on any atom is -0.508 e. The topological polar surface area (TPSA) is 53.0 Å². The molecule has 0 saturated carbocycles. The van der Waals surface area contributed by atoms with Crippen LogP contribution in [0.15, 0.2) is 42.5 Å². The summed E-state index contributed by atoms with van der Waals surface area (Å²) < 4.78 is 44.1. The Labute approximate surface area is 183 Å². The largest absolute Gasteiger partial charge is 0.508 e. The molecule has 2 aromatic rings. The lowest BCUT2D eigenvalue weighted by atomic mass is 9.87. The normalized spacial score (nSPS) is 24.7. The molecule has 1 unspecified atom stereocenters. The van der Waals surface area contributed by atoms with Crippen molar-refractivity contribution >= 4 is 23.2 Å². The van der Waals surface area contributed by atoms with E-state index < -0.39 is 18.8 Å². The van der Waals surface area contributed by atoms with Gasteiger partial charge in [0.1, 0.15) is 17.7 Å². The fourth-order valence-corrected chi connectivity index (χ4v) is 4.64. The summed E-state index contributed by atoms with van der Waals surface area (Å²) >= 11 is 6.02. The Balaban J connectivity index is 1.41. The third kappa shape index (κ3) is 4.60. The van der Waals surface area contributed by atoms with Gasteiger partial charge in [-0.1, -0.05) is 23.7 Å². The molecule has 2 aliphatic rings. The molecule has 1 N–H and O–H groups in total. The van der Waals surface area contributed by atoms with Crippen molar-refractivity contribution in [2.75, 3.05) is 24.5 Å². The summed E-state index contributed by atoms with van der Waals surface area (Å²) in [5.41, 5.74) is 1.33. The van der Waals surface area contributed by atoms with E-state index in [1.165, 1.54) is 18.2 Å². The number of rotatable bonds is 5. The first-order valence-electron chi connectivity index (χ1n) is 10.1. The molecule has 2 saturated heterocycles. The van der Waals surface area contributed by atoms with Crippen LogP contribution in [0, 0.1) is 0 Å². The van der Waals surface area contributed by atoms with Crippen LogP contribution in [0.4, 0.5) is 18.9 Å². The highest BCUT2D eigenvalue weighted by Gasteiger charge is 2.41. The molecule has 31 heavy (non-hydrogen) atoms. The average Bonchev–Trinajstić information content (AvgIpc) is 3.11. The maximum absolute atomic E-state index is 15.0. The summed E-state index contributed by atoms with van der Waals surface area (Å²) in [6.45, 7) is -1.82. The second-order valence-electron chi connectivity index (χ2n) is 7.79. The molecule has 2 heterocycles. The van der Waals surface area contributed by atoms with Gasteiger partial charge < -0.3 is 14.7 Å². The van der Waals surface area contributed by atoms with E-state index in [0.29, 0.717) is 31.6 Å². The highest BCUT2D eigenvalue weighted by atomic mass is 35.5. The predicted octanol–water partition coefficient (Wildman–Crippen LogP) is 4.58. The van der Waals surface area contributed by atoms with Crippen LogP contribution in [0.3, 0.4) is 0 Å². The first-order valence-corrected chi connectivity index (χ1v) is 10.4. The van der Waals surface area contributed by atoms with Gasteiger partial charge in [0.2, 0.25) is 5.91 Å². The molecule has 0 aliphatic carbocycles. The summed E-state index contributed by atoms with van der Waals surface area (Å²) in [5.74, 6) is -0.443. The number of nitrogens with zero attached hydrogens (tertiary/aromatic N) is 2. The van der Waals surface area contributed by atoms with E-state index in [0.717, 1.165) is 5.56 Å². The number of carbonyl (C=O) groups excluding carboxylic acids is 1.